The smallest absolute Gasteiger partial charge is 0.409 e. The van der Waals surface area contributed by atoms with Gasteiger partial charge in [0, 0.05) is 12.3 Å². The molecule has 0 fully saturated rings. The van der Waals surface area contributed by atoms with E-state index in [2.05, 4.69) is 46.9 Å². The van der Waals surface area contributed by atoms with Crippen LogP contribution in [0.3, 0.4) is 0 Å². The quantitative estimate of drug-likeness (QED) is 0.407. The van der Waals surface area contributed by atoms with E-state index in [9.17, 15) is 19.8 Å². The maximum Gasteiger partial charge on any atom is 0.409 e. The number of ether oxygens (including phenoxy) is 1. The number of carboxylic acid groups (broad SMARTS) is 1. The van der Waals surface area contributed by atoms with E-state index in [4.69, 9.17) is 9.16 Å². The molecule has 1 heterocycles. The topological polar surface area (TPSA) is 108 Å². The van der Waals surface area contributed by atoms with Gasteiger partial charge in [-0.15, -0.1) is 0 Å². The van der Waals surface area contributed by atoms with E-state index in [1.54, 1.807) is 12.3 Å². The number of rotatable bonds is 9. The highest BCUT2D eigenvalue weighted by Crippen LogP contribution is 2.46. The summed E-state index contributed by atoms with van der Waals surface area (Å²) in [5, 5.41) is 21.5. The van der Waals surface area contributed by atoms with E-state index in [0.717, 1.165) is 5.57 Å². The number of carbonyl (C=O) groups is 2. The van der Waals surface area contributed by atoms with Crippen LogP contribution in [0, 0.1) is 0 Å². The first-order valence-electron chi connectivity index (χ1n) is 11.4. The zero-order valence-corrected chi connectivity index (χ0v) is 21.9. The summed E-state index contributed by atoms with van der Waals surface area (Å²) in [7, 11) is -0.868. The molecular weight excluding hydrogens is 440 g/mol. The van der Waals surface area contributed by atoms with E-state index in [1.165, 1.54) is 18.1 Å². The predicted octanol–water partition coefficient (Wildman–Crippen LogP) is 5.45. The summed E-state index contributed by atoms with van der Waals surface area (Å²) in [4.78, 5) is 26.4. The van der Waals surface area contributed by atoms with Crippen LogP contribution in [0.25, 0.3) is 0 Å². The molecule has 0 saturated carbocycles. The van der Waals surface area contributed by atoms with Gasteiger partial charge in [0.1, 0.15) is 5.75 Å². The average molecular weight is 479 g/mol. The first-order chi connectivity index (χ1) is 15.4. The Kier molecular flexibility index (Phi) is 8.59. The highest BCUT2D eigenvalue weighted by molar-refractivity contribution is 6.78. The molecule has 2 amide bonds. The molecule has 184 valence electrons. The molecule has 0 bridgehead atoms. The van der Waals surface area contributed by atoms with Crippen molar-refractivity contribution in [1.82, 2.24) is 4.90 Å². The number of carbonyl (C=O) groups excluding carboxylic acids is 1. The summed E-state index contributed by atoms with van der Waals surface area (Å²) in [6.45, 7) is 14.6. The molecular formula is C24H38N2O6Si. The van der Waals surface area contributed by atoms with E-state index in [1.807, 2.05) is 6.92 Å². The van der Waals surface area contributed by atoms with Gasteiger partial charge in [-0.1, -0.05) is 47.1 Å². The summed E-state index contributed by atoms with van der Waals surface area (Å²) in [5.41, 5.74) is 2.10. The predicted molar refractivity (Wildman–Crippen MR) is 132 cm³/mol. The van der Waals surface area contributed by atoms with Crippen molar-refractivity contribution in [2.75, 3.05) is 19.0 Å². The van der Waals surface area contributed by atoms with Gasteiger partial charge >= 0.3 is 6.09 Å². The number of hydrogen-bond acceptors (Lipinski definition) is 5. The average Bonchev–Trinajstić information content (AvgIpc) is 3.11. The van der Waals surface area contributed by atoms with Crippen molar-refractivity contribution in [3.05, 3.63) is 29.5 Å². The van der Waals surface area contributed by atoms with Gasteiger partial charge < -0.3 is 24.3 Å². The number of amides is 2. The lowest BCUT2D eigenvalue weighted by Gasteiger charge is -2.42. The lowest BCUT2D eigenvalue weighted by Crippen LogP contribution is -2.50. The maximum absolute atomic E-state index is 13.4. The fourth-order valence-corrected chi connectivity index (χ4v) is 10.4. The molecule has 33 heavy (non-hydrogen) atoms. The van der Waals surface area contributed by atoms with Crippen LogP contribution in [0.1, 0.15) is 65.2 Å². The Balaban J connectivity index is 2.64. The van der Waals surface area contributed by atoms with E-state index >= 15 is 0 Å². The molecule has 1 aliphatic rings. The van der Waals surface area contributed by atoms with Gasteiger partial charge in [0.2, 0.25) is 0 Å². The molecule has 1 aromatic rings. The van der Waals surface area contributed by atoms with Crippen LogP contribution < -0.4 is 14.5 Å². The van der Waals surface area contributed by atoms with E-state index in [-0.39, 0.29) is 23.9 Å². The Morgan fingerprint density at radius 3 is 2.15 bits per heavy atom. The Hall–Kier alpha value is -2.52. The normalized spacial score (nSPS) is 16.4. The number of methoxy groups -OCH3 is 1. The van der Waals surface area contributed by atoms with Gasteiger partial charge in [-0.2, -0.15) is 0 Å². The minimum absolute atomic E-state index is 0.122. The van der Waals surface area contributed by atoms with Gasteiger partial charge in [-0.25, -0.2) is 4.79 Å². The fourth-order valence-electron chi connectivity index (χ4n) is 5.12. The third-order valence-corrected chi connectivity index (χ3v) is 12.5. The van der Waals surface area contributed by atoms with Gasteiger partial charge in [0.25, 0.3) is 14.2 Å². The van der Waals surface area contributed by atoms with Crippen molar-refractivity contribution in [2.24, 2.45) is 0 Å². The summed E-state index contributed by atoms with van der Waals surface area (Å²) >= 11 is 0. The molecule has 9 heteroatoms. The van der Waals surface area contributed by atoms with Crippen LogP contribution in [0.2, 0.25) is 16.6 Å². The number of anilines is 1. The Bertz CT molecular complexity index is 891. The SMILES string of the molecule is COc1cc(C(=O)N2C=C(C)C[C@H]2CO)c(NC(=O)O)cc1O[Si](C(C)C)(C(C)C)C(C)C. The Labute approximate surface area is 197 Å². The molecule has 0 saturated heterocycles. The molecule has 0 radical (unpaired) electrons. The molecule has 0 unspecified atom stereocenters. The number of hydrogen-bond donors (Lipinski definition) is 3. The molecule has 1 aromatic carbocycles. The third-order valence-electron chi connectivity index (χ3n) is 6.53. The van der Waals surface area contributed by atoms with E-state index < -0.39 is 20.3 Å². The highest BCUT2D eigenvalue weighted by atomic mass is 28.4. The van der Waals surface area contributed by atoms with Gasteiger partial charge in [-0.3, -0.25) is 10.1 Å². The largest absolute Gasteiger partial charge is 0.540 e. The first kappa shape index (κ1) is 26.7. The van der Waals surface area contributed by atoms with Crippen LogP contribution in [0.4, 0.5) is 10.5 Å². The van der Waals surface area contributed by atoms with Gasteiger partial charge in [0.15, 0.2) is 5.75 Å². The van der Waals surface area contributed by atoms with Crippen LogP contribution in [0.15, 0.2) is 23.9 Å². The second-order valence-electron chi connectivity index (χ2n) is 9.63. The maximum atomic E-state index is 13.4. The Morgan fingerprint density at radius 2 is 1.70 bits per heavy atom. The minimum atomic E-state index is -2.37. The molecule has 0 aromatic heterocycles. The number of aliphatic hydroxyl groups excluding tert-OH is 1. The summed E-state index contributed by atoms with van der Waals surface area (Å²) in [6, 6.07) is 2.69. The number of nitrogens with one attached hydrogen (secondary N) is 1. The van der Waals surface area contributed by atoms with Gasteiger partial charge in [-0.05, 0) is 36.0 Å². The summed E-state index contributed by atoms with van der Waals surface area (Å²) in [5.74, 6) is 0.376. The number of aliphatic hydroxyl groups is 1. The van der Waals surface area contributed by atoms with Crippen LogP contribution in [-0.2, 0) is 0 Å². The van der Waals surface area contributed by atoms with Crippen molar-refractivity contribution >= 4 is 26.0 Å². The zero-order valence-electron chi connectivity index (χ0n) is 20.9. The standard InChI is InChI=1S/C24H38N2O6Si/c1-14(2)33(15(3)4,16(5)6)32-22-11-20(25-24(29)30)19(10-21(22)31-8)23(28)26-12-17(7)9-18(26)13-27/h10-12,14-16,18,25,27H,9,13H2,1-8H3,(H,29,30)/t18-/m0/s1. The van der Waals surface area contributed by atoms with Crippen molar-refractivity contribution in [3.63, 3.8) is 0 Å². The van der Waals surface area contributed by atoms with E-state index in [0.29, 0.717) is 34.5 Å². The second kappa shape index (κ2) is 10.6. The lowest BCUT2D eigenvalue weighted by atomic mass is 10.1. The fraction of sp³-hybridized carbons (Fsp3) is 0.583. The Morgan fingerprint density at radius 1 is 1.12 bits per heavy atom. The van der Waals surface area contributed by atoms with Crippen LogP contribution in [-0.4, -0.2) is 55.2 Å². The van der Waals surface area contributed by atoms with Crippen molar-refractivity contribution in [2.45, 2.75) is 77.6 Å². The van der Waals surface area contributed by atoms with Crippen molar-refractivity contribution in [3.8, 4) is 11.5 Å². The molecule has 1 aliphatic heterocycles. The lowest BCUT2D eigenvalue weighted by molar-refractivity contribution is 0.0732. The van der Waals surface area contributed by atoms with Gasteiger partial charge in [0.05, 0.1) is 31.0 Å². The monoisotopic (exact) mass is 478 g/mol. The zero-order chi connectivity index (χ0) is 25.1. The first-order valence-corrected chi connectivity index (χ1v) is 13.5. The summed E-state index contributed by atoms with van der Waals surface area (Å²) < 4.78 is 12.4. The molecule has 0 spiro atoms. The number of benzene rings is 1. The highest BCUT2D eigenvalue weighted by Gasteiger charge is 2.47. The molecule has 1 atom stereocenters. The third kappa shape index (κ3) is 5.35. The van der Waals surface area contributed by atoms with Crippen molar-refractivity contribution < 1.29 is 29.0 Å². The second-order valence-corrected chi connectivity index (χ2v) is 15.0. The summed E-state index contributed by atoms with van der Waals surface area (Å²) in [6.07, 6.45) is 0.971. The van der Waals surface area contributed by atoms with Crippen LogP contribution in [0.5, 0.6) is 11.5 Å². The number of nitrogens with zero attached hydrogens (tertiary/aromatic N) is 1. The molecule has 8 nitrogen and oxygen atoms in total. The van der Waals surface area contributed by atoms with Crippen molar-refractivity contribution in [1.29, 1.82) is 0 Å². The minimum Gasteiger partial charge on any atom is -0.540 e. The molecule has 0 aliphatic carbocycles. The van der Waals surface area contributed by atoms with Crippen LogP contribution >= 0.6 is 0 Å². The molecule has 3 N–H and O–H groups in total. The molecule has 2 rings (SSSR count).